The monoisotopic (exact) mass is 344 g/mol. The molecule has 1 atom stereocenters. The van der Waals surface area contributed by atoms with Gasteiger partial charge in [-0.1, -0.05) is 29.8 Å². The van der Waals surface area contributed by atoms with Crippen LogP contribution in [-0.4, -0.2) is 59.5 Å². The van der Waals surface area contributed by atoms with Gasteiger partial charge >= 0.3 is 0 Å². The molecule has 2 saturated heterocycles. The molecule has 2 fully saturated rings. The predicted octanol–water partition coefficient (Wildman–Crippen LogP) is 1.76. The second-order valence-electron chi connectivity index (χ2n) is 7.62. The van der Waals surface area contributed by atoms with Crippen LogP contribution in [0.4, 0.5) is 0 Å². The molecule has 0 aliphatic carbocycles. The van der Waals surface area contributed by atoms with Crippen LogP contribution in [0.15, 0.2) is 24.3 Å². The van der Waals surface area contributed by atoms with Crippen molar-refractivity contribution in [2.75, 3.05) is 32.8 Å². The minimum Gasteiger partial charge on any atom is -0.395 e. The van der Waals surface area contributed by atoms with E-state index in [2.05, 4.69) is 6.07 Å². The first-order valence-corrected chi connectivity index (χ1v) is 9.23. The average Bonchev–Trinajstić information content (AvgIpc) is 2.59. The first-order valence-electron chi connectivity index (χ1n) is 9.23. The molecule has 1 spiro atoms. The summed E-state index contributed by atoms with van der Waals surface area (Å²) in [5.74, 6) is 0.304. The Morgan fingerprint density at radius 1 is 1.28 bits per heavy atom. The van der Waals surface area contributed by atoms with Crippen LogP contribution in [0.1, 0.15) is 36.8 Å². The number of aryl methyl sites for hydroxylation is 1. The van der Waals surface area contributed by atoms with Crippen LogP contribution in [0, 0.1) is 12.3 Å². The second kappa shape index (κ2) is 7.56. The number of amides is 2. The maximum Gasteiger partial charge on any atom is 0.227 e. The van der Waals surface area contributed by atoms with Gasteiger partial charge < -0.3 is 14.9 Å². The lowest BCUT2D eigenvalue weighted by atomic mass is 9.73. The molecule has 1 N–H and O–H groups in total. The van der Waals surface area contributed by atoms with Crippen LogP contribution < -0.4 is 0 Å². The van der Waals surface area contributed by atoms with Gasteiger partial charge in [0.05, 0.1) is 13.0 Å². The van der Waals surface area contributed by atoms with Crippen molar-refractivity contribution < 1.29 is 14.7 Å². The van der Waals surface area contributed by atoms with Crippen LogP contribution in [0.3, 0.4) is 0 Å². The summed E-state index contributed by atoms with van der Waals surface area (Å²) in [4.78, 5) is 28.6. The van der Waals surface area contributed by atoms with Crippen molar-refractivity contribution in [2.45, 2.75) is 39.0 Å². The maximum atomic E-state index is 12.8. The molecule has 2 amide bonds. The van der Waals surface area contributed by atoms with Gasteiger partial charge in [-0.2, -0.15) is 0 Å². The highest BCUT2D eigenvalue weighted by atomic mass is 16.3. The molecule has 2 aliphatic heterocycles. The van der Waals surface area contributed by atoms with Crippen molar-refractivity contribution in [2.24, 2.45) is 5.41 Å². The number of rotatable bonds is 4. The molecule has 1 aromatic rings. The van der Waals surface area contributed by atoms with Crippen LogP contribution in [-0.2, 0) is 16.0 Å². The predicted molar refractivity (Wildman–Crippen MR) is 96.0 cm³/mol. The van der Waals surface area contributed by atoms with Gasteiger partial charge in [0.25, 0.3) is 0 Å². The Hall–Kier alpha value is -1.88. The molecule has 1 aromatic carbocycles. The Morgan fingerprint density at radius 3 is 2.88 bits per heavy atom. The summed E-state index contributed by atoms with van der Waals surface area (Å²) in [5.41, 5.74) is 2.24. The van der Waals surface area contributed by atoms with E-state index in [9.17, 15) is 14.7 Å². The smallest absolute Gasteiger partial charge is 0.227 e. The lowest BCUT2D eigenvalue weighted by Gasteiger charge is -2.48. The Kier molecular flexibility index (Phi) is 5.42. The van der Waals surface area contributed by atoms with Gasteiger partial charge in [0.1, 0.15) is 0 Å². The van der Waals surface area contributed by atoms with Gasteiger partial charge in [-0.05, 0) is 31.7 Å². The number of nitrogens with zero attached hydrogens (tertiary/aromatic N) is 2. The fraction of sp³-hybridized carbons (Fsp3) is 0.600. The van der Waals surface area contributed by atoms with E-state index in [-0.39, 0.29) is 23.8 Å². The normalized spacial score (nSPS) is 24.0. The highest BCUT2D eigenvalue weighted by Gasteiger charge is 2.42. The number of hydrogen-bond donors (Lipinski definition) is 1. The van der Waals surface area contributed by atoms with E-state index in [0.29, 0.717) is 25.9 Å². The Morgan fingerprint density at radius 2 is 2.12 bits per heavy atom. The largest absolute Gasteiger partial charge is 0.395 e. The van der Waals surface area contributed by atoms with Crippen LogP contribution in [0.5, 0.6) is 0 Å². The summed E-state index contributed by atoms with van der Waals surface area (Å²) in [6.07, 6.45) is 3.86. The van der Waals surface area contributed by atoms with Crippen molar-refractivity contribution in [1.29, 1.82) is 0 Å². The van der Waals surface area contributed by atoms with Crippen molar-refractivity contribution in [3.63, 3.8) is 0 Å². The molecule has 136 valence electrons. The molecular formula is C20H28N2O3. The third-order valence-electron chi connectivity index (χ3n) is 5.57. The number of aliphatic hydroxyl groups excluding tert-OH is 1. The third kappa shape index (κ3) is 4.21. The van der Waals surface area contributed by atoms with Crippen molar-refractivity contribution >= 4 is 11.8 Å². The molecule has 0 saturated carbocycles. The lowest BCUT2D eigenvalue weighted by Crippen LogP contribution is -2.55. The van der Waals surface area contributed by atoms with E-state index in [1.54, 1.807) is 4.90 Å². The SMILES string of the molecule is Cc1cccc(CC(=O)N2CCC[C@@]3(CCC(=O)N(CCO)C3)C2)c1. The fourth-order valence-electron chi connectivity index (χ4n) is 4.29. The van der Waals surface area contributed by atoms with Gasteiger partial charge in [-0.25, -0.2) is 0 Å². The quantitative estimate of drug-likeness (QED) is 0.905. The molecule has 2 aliphatic rings. The van der Waals surface area contributed by atoms with E-state index < -0.39 is 0 Å². The number of β-amino-alcohol motifs (C(OH)–C–C–N with tert-alkyl or cyclic N) is 1. The van der Waals surface area contributed by atoms with E-state index in [1.807, 2.05) is 30.0 Å². The number of carbonyl (C=O) groups excluding carboxylic acids is 2. The molecule has 5 heteroatoms. The standard InChI is InChI=1S/C20H28N2O3/c1-16-4-2-5-17(12-16)13-19(25)21-9-3-7-20(14-21)8-6-18(24)22(15-20)10-11-23/h2,4-5,12,23H,3,6-11,13-15H2,1H3/t20-/m1/s1. The van der Waals surface area contributed by atoms with E-state index in [1.165, 1.54) is 5.56 Å². The number of carbonyl (C=O) groups is 2. The topological polar surface area (TPSA) is 60.9 Å². The zero-order valence-electron chi connectivity index (χ0n) is 15.0. The minimum absolute atomic E-state index is 0.00216. The molecular weight excluding hydrogens is 316 g/mol. The molecule has 0 radical (unpaired) electrons. The van der Waals surface area contributed by atoms with Crippen LogP contribution in [0.2, 0.25) is 0 Å². The Labute approximate surface area is 149 Å². The fourth-order valence-corrected chi connectivity index (χ4v) is 4.29. The van der Waals surface area contributed by atoms with Gasteiger partial charge in [0, 0.05) is 38.0 Å². The molecule has 25 heavy (non-hydrogen) atoms. The number of aliphatic hydroxyl groups is 1. The average molecular weight is 344 g/mol. The lowest BCUT2D eigenvalue weighted by molar-refractivity contribution is -0.143. The highest BCUT2D eigenvalue weighted by Crippen LogP contribution is 2.38. The summed E-state index contributed by atoms with van der Waals surface area (Å²) < 4.78 is 0. The zero-order chi connectivity index (χ0) is 17.9. The number of likely N-dealkylation sites (tertiary alicyclic amines) is 2. The summed E-state index contributed by atoms with van der Waals surface area (Å²) in [7, 11) is 0. The maximum absolute atomic E-state index is 12.8. The summed E-state index contributed by atoms with van der Waals surface area (Å²) in [5, 5.41) is 9.19. The van der Waals surface area contributed by atoms with Crippen LogP contribution in [0.25, 0.3) is 0 Å². The molecule has 0 aromatic heterocycles. The summed E-state index contributed by atoms with van der Waals surface area (Å²) >= 11 is 0. The third-order valence-corrected chi connectivity index (χ3v) is 5.57. The van der Waals surface area contributed by atoms with Gasteiger partial charge in [0.15, 0.2) is 0 Å². The van der Waals surface area contributed by atoms with Gasteiger partial charge in [0.2, 0.25) is 11.8 Å². The highest BCUT2D eigenvalue weighted by molar-refractivity contribution is 5.79. The molecule has 0 bridgehead atoms. The molecule has 2 heterocycles. The van der Waals surface area contributed by atoms with Crippen LogP contribution >= 0.6 is 0 Å². The molecule has 3 rings (SSSR count). The van der Waals surface area contributed by atoms with Crippen molar-refractivity contribution in [1.82, 2.24) is 9.80 Å². The number of piperidine rings is 2. The molecule has 0 unspecified atom stereocenters. The summed E-state index contributed by atoms with van der Waals surface area (Å²) in [6, 6.07) is 8.11. The minimum atomic E-state index is -0.00216. The first-order chi connectivity index (χ1) is 12.0. The van der Waals surface area contributed by atoms with Crippen molar-refractivity contribution in [3.8, 4) is 0 Å². The number of benzene rings is 1. The Bertz CT molecular complexity index is 646. The van der Waals surface area contributed by atoms with E-state index >= 15 is 0 Å². The second-order valence-corrected chi connectivity index (χ2v) is 7.62. The first kappa shape index (κ1) is 17.9. The van der Waals surface area contributed by atoms with Gasteiger partial charge in [-0.15, -0.1) is 0 Å². The van der Waals surface area contributed by atoms with Gasteiger partial charge in [-0.3, -0.25) is 9.59 Å². The Balaban J connectivity index is 1.66. The van der Waals surface area contributed by atoms with E-state index in [0.717, 1.165) is 37.9 Å². The molecule has 5 nitrogen and oxygen atoms in total. The van der Waals surface area contributed by atoms with Crippen molar-refractivity contribution in [3.05, 3.63) is 35.4 Å². The number of hydrogen-bond acceptors (Lipinski definition) is 3. The van der Waals surface area contributed by atoms with E-state index in [4.69, 9.17) is 0 Å². The summed E-state index contributed by atoms with van der Waals surface area (Å²) in [6.45, 7) is 4.64. The zero-order valence-corrected chi connectivity index (χ0v) is 15.0.